The van der Waals surface area contributed by atoms with E-state index in [-0.39, 0.29) is 23.5 Å². The lowest BCUT2D eigenvalue weighted by atomic mass is 10.00. The van der Waals surface area contributed by atoms with Gasteiger partial charge >= 0.3 is 0 Å². The summed E-state index contributed by atoms with van der Waals surface area (Å²) in [5.41, 5.74) is 6.42. The van der Waals surface area contributed by atoms with E-state index in [0.29, 0.717) is 19.3 Å². The Morgan fingerprint density at radius 2 is 2.05 bits per heavy atom. The zero-order chi connectivity index (χ0) is 15.5. The fraction of sp³-hybridized carbons (Fsp3) is 0.533. The van der Waals surface area contributed by atoms with Gasteiger partial charge in [-0.25, -0.2) is 8.42 Å². The molecule has 6 heteroatoms. The Labute approximate surface area is 125 Å². The first-order valence-electron chi connectivity index (χ1n) is 7.12. The third-order valence-electron chi connectivity index (χ3n) is 3.85. The lowest BCUT2D eigenvalue weighted by molar-refractivity contribution is -0.122. The predicted octanol–water partition coefficient (Wildman–Crippen LogP) is 1.16. The Hall–Kier alpha value is -1.40. The zero-order valence-corrected chi connectivity index (χ0v) is 13.0. The van der Waals surface area contributed by atoms with E-state index < -0.39 is 15.4 Å². The quantitative estimate of drug-likeness (QED) is 0.854. The Morgan fingerprint density at radius 3 is 2.62 bits per heavy atom. The Kier molecular flexibility index (Phi) is 4.68. The van der Waals surface area contributed by atoms with Gasteiger partial charge in [0, 0.05) is 12.5 Å². The SMILES string of the molecule is CC1(NC(=O)CCC(N)c2ccccc2)CCS(=O)(=O)C1. The van der Waals surface area contributed by atoms with Crippen molar-refractivity contribution in [3.8, 4) is 0 Å². The number of carbonyl (C=O) groups is 1. The highest BCUT2D eigenvalue weighted by Gasteiger charge is 2.39. The molecule has 3 N–H and O–H groups in total. The van der Waals surface area contributed by atoms with Crippen LogP contribution in [0.15, 0.2) is 30.3 Å². The van der Waals surface area contributed by atoms with Crippen LogP contribution in [0.3, 0.4) is 0 Å². The fourth-order valence-electron chi connectivity index (χ4n) is 2.66. The van der Waals surface area contributed by atoms with Crippen LogP contribution >= 0.6 is 0 Å². The van der Waals surface area contributed by atoms with E-state index in [1.165, 1.54) is 0 Å². The number of amides is 1. The zero-order valence-electron chi connectivity index (χ0n) is 12.2. The number of hydrogen-bond donors (Lipinski definition) is 2. The van der Waals surface area contributed by atoms with Crippen molar-refractivity contribution < 1.29 is 13.2 Å². The number of benzene rings is 1. The van der Waals surface area contributed by atoms with E-state index in [1.807, 2.05) is 30.3 Å². The van der Waals surface area contributed by atoms with Gasteiger partial charge in [0.1, 0.15) is 0 Å². The summed E-state index contributed by atoms with van der Waals surface area (Å²) in [6, 6.07) is 9.45. The number of carbonyl (C=O) groups excluding carboxylic acids is 1. The van der Waals surface area contributed by atoms with Crippen LogP contribution < -0.4 is 11.1 Å². The number of nitrogens with two attached hydrogens (primary N) is 1. The van der Waals surface area contributed by atoms with E-state index in [9.17, 15) is 13.2 Å². The largest absolute Gasteiger partial charge is 0.350 e. The van der Waals surface area contributed by atoms with Crippen molar-refractivity contribution in [1.82, 2.24) is 5.32 Å². The van der Waals surface area contributed by atoms with Gasteiger partial charge in [-0.3, -0.25) is 4.79 Å². The monoisotopic (exact) mass is 310 g/mol. The van der Waals surface area contributed by atoms with Gasteiger partial charge in [0.05, 0.1) is 17.0 Å². The average molecular weight is 310 g/mol. The van der Waals surface area contributed by atoms with Crippen molar-refractivity contribution in [3.63, 3.8) is 0 Å². The molecule has 1 aliphatic heterocycles. The van der Waals surface area contributed by atoms with E-state index in [4.69, 9.17) is 5.73 Å². The molecule has 1 fully saturated rings. The summed E-state index contributed by atoms with van der Waals surface area (Å²) < 4.78 is 23.0. The molecule has 1 saturated heterocycles. The highest BCUT2D eigenvalue weighted by atomic mass is 32.2. The fourth-order valence-corrected chi connectivity index (χ4v) is 4.75. The summed E-state index contributed by atoms with van der Waals surface area (Å²) >= 11 is 0. The van der Waals surface area contributed by atoms with E-state index in [0.717, 1.165) is 5.56 Å². The highest BCUT2D eigenvalue weighted by molar-refractivity contribution is 7.91. The Balaban J connectivity index is 1.83. The van der Waals surface area contributed by atoms with Gasteiger partial charge < -0.3 is 11.1 Å². The number of sulfone groups is 1. The molecule has 1 heterocycles. The highest BCUT2D eigenvalue weighted by Crippen LogP contribution is 2.23. The summed E-state index contributed by atoms with van der Waals surface area (Å²) in [4.78, 5) is 12.0. The maximum absolute atomic E-state index is 12.0. The molecule has 2 atom stereocenters. The second-order valence-electron chi connectivity index (χ2n) is 6.01. The molecule has 5 nitrogen and oxygen atoms in total. The third kappa shape index (κ3) is 4.54. The number of hydrogen-bond acceptors (Lipinski definition) is 4. The molecule has 2 rings (SSSR count). The van der Waals surface area contributed by atoms with Gasteiger partial charge in [0.15, 0.2) is 9.84 Å². The van der Waals surface area contributed by atoms with Crippen LogP contribution in [0.1, 0.15) is 37.8 Å². The molecule has 1 aliphatic rings. The molecule has 2 unspecified atom stereocenters. The first-order chi connectivity index (χ1) is 9.80. The number of rotatable bonds is 5. The molecule has 0 radical (unpaired) electrons. The smallest absolute Gasteiger partial charge is 0.220 e. The van der Waals surface area contributed by atoms with Crippen LogP contribution in [0, 0.1) is 0 Å². The van der Waals surface area contributed by atoms with Crippen LogP contribution in [0.4, 0.5) is 0 Å². The van der Waals surface area contributed by atoms with Gasteiger partial charge in [0.25, 0.3) is 0 Å². The van der Waals surface area contributed by atoms with Crippen molar-refractivity contribution in [1.29, 1.82) is 0 Å². The molecule has 0 bridgehead atoms. The van der Waals surface area contributed by atoms with Gasteiger partial charge in [-0.15, -0.1) is 0 Å². The molecule has 21 heavy (non-hydrogen) atoms. The summed E-state index contributed by atoms with van der Waals surface area (Å²) in [6.07, 6.45) is 1.32. The van der Waals surface area contributed by atoms with Crippen LogP contribution in [-0.2, 0) is 14.6 Å². The van der Waals surface area contributed by atoms with Crippen molar-refractivity contribution in [3.05, 3.63) is 35.9 Å². The first kappa shape index (κ1) is 16.0. The maximum atomic E-state index is 12.0. The van der Waals surface area contributed by atoms with Crippen molar-refractivity contribution in [2.75, 3.05) is 11.5 Å². The molecule has 1 amide bonds. The van der Waals surface area contributed by atoms with Crippen LogP contribution in [0.2, 0.25) is 0 Å². The lowest BCUT2D eigenvalue weighted by Gasteiger charge is -2.24. The molecule has 116 valence electrons. The second kappa shape index (κ2) is 6.15. The van der Waals surface area contributed by atoms with Gasteiger partial charge in [-0.1, -0.05) is 30.3 Å². The molecule has 0 aliphatic carbocycles. The molecular weight excluding hydrogens is 288 g/mol. The predicted molar refractivity (Wildman–Crippen MR) is 82.4 cm³/mol. The Bertz CT molecular complexity index is 601. The summed E-state index contributed by atoms with van der Waals surface area (Å²) in [5, 5.41) is 2.84. The molecular formula is C15H22N2O3S. The van der Waals surface area contributed by atoms with E-state index in [2.05, 4.69) is 5.32 Å². The minimum Gasteiger partial charge on any atom is -0.350 e. The van der Waals surface area contributed by atoms with Crippen molar-refractivity contribution in [2.24, 2.45) is 5.73 Å². The van der Waals surface area contributed by atoms with Crippen molar-refractivity contribution >= 4 is 15.7 Å². The standard InChI is InChI=1S/C15H22N2O3S/c1-15(9-10-21(19,20)11-15)17-14(18)8-7-13(16)12-5-3-2-4-6-12/h2-6,13H,7-11,16H2,1H3,(H,17,18). The van der Waals surface area contributed by atoms with Crippen molar-refractivity contribution in [2.45, 2.75) is 37.8 Å². The van der Waals surface area contributed by atoms with E-state index >= 15 is 0 Å². The number of nitrogens with one attached hydrogen (secondary N) is 1. The molecule has 1 aromatic carbocycles. The first-order valence-corrected chi connectivity index (χ1v) is 8.94. The van der Waals surface area contributed by atoms with E-state index in [1.54, 1.807) is 6.92 Å². The molecule has 0 spiro atoms. The maximum Gasteiger partial charge on any atom is 0.220 e. The van der Waals surface area contributed by atoms with Crippen LogP contribution in [0.25, 0.3) is 0 Å². The summed E-state index contributed by atoms with van der Waals surface area (Å²) in [6.45, 7) is 1.78. The normalized spacial score (nSPS) is 25.4. The lowest BCUT2D eigenvalue weighted by Crippen LogP contribution is -2.47. The summed E-state index contributed by atoms with van der Waals surface area (Å²) in [7, 11) is -3.01. The minimum absolute atomic E-state index is 0.0243. The van der Waals surface area contributed by atoms with Gasteiger partial charge in [0.2, 0.25) is 5.91 Å². The van der Waals surface area contributed by atoms with Gasteiger partial charge in [-0.2, -0.15) is 0 Å². The van der Waals surface area contributed by atoms with Crippen LogP contribution in [-0.4, -0.2) is 31.4 Å². The molecule has 1 aromatic rings. The minimum atomic E-state index is -3.01. The second-order valence-corrected chi connectivity index (χ2v) is 8.19. The van der Waals surface area contributed by atoms with Crippen LogP contribution in [0.5, 0.6) is 0 Å². The third-order valence-corrected chi connectivity index (χ3v) is 5.76. The molecule has 0 saturated carbocycles. The van der Waals surface area contributed by atoms with Gasteiger partial charge in [-0.05, 0) is 25.3 Å². The average Bonchev–Trinajstić information content (AvgIpc) is 2.70. The Morgan fingerprint density at radius 1 is 1.38 bits per heavy atom. The topological polar surface area (TPSA) is 89.3 Å². The molecule has 0 aromatic heterocycles. The summed E-state index contributed by atoms with van der Waals surface area (Å²) in [5.74, 6) is 0.0324.